The zero-order valence-corrected chi connectivity index (χ0v) is 13.9. The maximum atomic E-state index is 11.8. The Bertz CT molecular complexity index is 717. The molecule has 1 aliphatic rings. The predicted octanol–water partition coefficient (Wildman–Crippen LogP) is 4.21. The molecule has 0 spiro atoms. The van der Waals surface area contributed by atoms with Crippen LogP contribution in [-0.4, -0.2) is 32.4 Å². The molecule has 1 saturated heterocycles. The highest BCUT2D eigenvalue weighted by molar-refractivity contribution is 5.96. The molecule has 1 fully saturated rings. The molecular formula is C20H22N2O2. The van der Waals surface area contributed by atoms with Gasteiger partial charge in [-0.25, -0.2) is 4.79 Å². The number of para-hydroxylation sites is 1. The molecule has 0 unspecified atom stereocenters. The quantitative estimate of drug-likeness (QED) is 0.625. The molecule has 1 aliphatic heterocycles. The average Bonchev–Trinajstić information content (AvgIpc) is 2.67. The number of esters is 1. The highest BCUT2D eigenvalue weighted by Gasteiger charge is 2.11. The van der Waals surface area contributed by atoms with Gasteiger partial charge in [-0.15, -0.1) is 0 Å². The molecule has 0 bridgehead atoms. The second kappa shape index (κ2) is 7.77. The summed E-state index contributed by atoms with van der Waals surface area (Å²) in [7, 11) is 1.38. The molecule has 3 rings (SSSR count). The maximum Gasteiger partial charge on any atom is 0.340 e. The zero-order chi connectivity index (χ0) is 16.8. The number of aliphatic imine (C=N–C) groups is 1. The Morgan fingerprint density at radius 2 is 1.75 bits per heavy atom. The summed E-state index contributed by atoms with van der Waals surface area (Å²) in [6.45, 7) is 2.28. The van der Waals surface area contributed by atoms with Crippen molar-refractivity contribution >= 4 is 23.6 Å². The highest BCUT2D eigenvalue weighted by atomic mass is 16.5. The molecule has 0 aromatic heterocycles. The number of carbonyl (C=O) groups excluding carboxylic acids is 1. The number of methoxy groups -OCH3 is 1. The first-order valence-corrected chi connectivity index (χ1v) is 8.34. The van der Waals surface area contributed by atoms with Crippen molar-refractivity contribution in [1.82, 2.24) is 0 Å². The Kier molecular flexibility index (Phi) is 5.26. The van der Waals surface area contributed by atoms with E-state index in [0.29, 0.717) is 11.3 Å². The first-order chi connectivity index (χ1) is 11.8. The second-order valence-corrected chi connectivity index (χ2v) is 5.91. The first-order valence-electron chi connectivity index (χ1n) is 8.34. The molecule has 2 aromatic carbocycles. The number of piperidine rings is 1. The number of hydrogen-bond donors (Lipinski definition) is 0. The van der Waals surface area contributed by atoms with Gasteiger partial charge in [-0.1, -0.05) is 24.3 Å². The lowest BCUT2D eigenvalue weighted by atomic mass is 10.1. The molecule has 0 aliphatic carbocycles. The van der Waals surface area contributed by atoms with E-state index in [9.17, 15) is 4.79 Å². The highest BCUT2D eigenvalue weighted by Crippen LogP contribution is 2.21. The van der Waals surface area contributed by atoms with E-state index in [0.717, 1.165) is 18.7 Å². The van der Waals surface area contributed by atoms with Gasteiger partial charge in [0.1, 0.15) is 0 Å². The Hall–Kier alpha value is -2.62. The van der Waals surface area contributed by atoms with Crippen molar-refractivity contribution in [2.24, 2.45) is 4.99 Å². The predicted molar refractivity (Wildman–Crippen MR) is 97.5 cm³/mol. The number of anilines is 1. The van der Waals surface area contributed by atoms with E-state index in [1.165, 1.54) is 32.1 Å². The Balaban J connectivity index is 1.74. The molecule has 0 amide bonds. The lowest BCUT2D eigenvalue weighted by Gasteiger charge is -2.28. The monoisotopic (exact) mass is 322 g/mol. The molecule has 1 heterocycles. The van der Waals surface area contributed by atoms with Crippen LogP contribution in [0.2, 0.25) is 0 Å². The van der Waals surface area contributed by atoms with Gasteiger partial charge in [0.05, 0.1) is 18.4 Å². The lowest BCUT2D eigenvalue weighted by Crippen LogP contribution is -2.29. The van der Waals surface area contributed by atoms with Crippen LogP contribution in [0.3, 0.4) is 0 Å². The molecule has 4 heteroatoms. The minimum Gasteiger partial charge on any atom is -0.465 e. The summed E-state index contributed by atoms with van der Waals surface area (Å²) in [5.41, 5.74) is 3.36. The van der Waals surface area contributed by atoms with E-state index >= 15 is 0 Å². The molecule has 4 nitrogen and oxygen atoms in total. The van der Waals surface area contributed by atoms with E-state index in [1.54, 1.807) is 18.3 Å². The largest absolute Gasteiger partial charge is 0.465 e. The van der Waals surface area contributed by atoms with Gasteiger partial charge >= 0.3 is 5.97 Å². The summed E-state index contributed by atoms with van der Waals surface area (Å²) >= 11 is 0. The molecule has 0 atom stereocenters. The standard InChI is InChI=1S/C20H22N2O2/c1-24-20(23)18-7-3-4-8-19(18)21-15-16-9-11-17(12-10-16)22-13-5-2-6-14-22/h3-4,7-12,15H,2,5-6,13-14H2,1H3. The minimum absolute atomic E-state index is 0.372. The van der Waals surface area contributed by atoms with Gasteiger partial charge < -0.3 is 9.64 Å². The van der Waals surface area contributed by atoms with Crippen LogP contribution in [0.25, 0.3) is 0 Å². The van der Waals surface area contributed by atoms with E-state index in [2.05, 4.69) is 34.2 Å². The fraction of sp³-hybridized carbons (Fsp3) is 0.300. The van der Waals surface area contributed by atoms with Gasteiger partial charge in [-0.2, -0.15) is 0 Å². The van der Waals surface area contributed by atoms with Crippen molar-refractivity contribution in [3.05, 3.63) is 59.7 Å². The zero-order valence-electron chi connectivity index (χ0n) is 13.9. The van der Waals surface area contributed by atoms with Gasteiger partial charge in [-0.05, 0) is 49.1 Å². The van der Waals surface area contributed by atoms with Crippen LogP contribution in [0.1, 0.15) is 35.2 Å². The van der Waals surface area contributed by atoms with E-state index in [4.69, 9.17) is 4.74 Å². The van der Waals surface area contributed by atoms with Gasteiger partial charge in [0.15, 0.2) is 0 Å². The summed E-state index contributed by atoms with van der Waals surface area (Å²) in [5, 5.41) is 0. The molecule has 124 valence electrons. The number of carbonyl (C=O) groups is 1. The number of ether oxygens (including phenoxy) is 1. The molecule has 0 saturated carbocycles. The Labute approximate surface area is 142 Å². The van der Waals surface area contributed by atoms with Crippen LogP contribution in [0.15, 0.2) is 53.5 Å². The minimum atomic E-state index is -0.372. The summed E-state index contributed by atoms with van der Waals surface area (Å²) in [4.78, 5) is 18.6. The molecular weight excluding hydrogens is 300 g/mol. The third kappa shape index (κ3) is 3.82. The van der Waals surface area contributed by atoms with Crippen molar-refractivity contribution in [2.75, 3.05) is 25.1 Å². The third-order valence-corrected chi connectivity index (χ3v) is 4.28. The van der Waals surface area contributed by atoms with Crippen LogP contribution < -0.4 is 4.90 Å². The van der Waals surface area contributed by atoms with Crippen molar-refractivity contribution < 1.29 is 9.53 Å². The topological polar surface area (TPSA) is 41.9 Å². The summed E-state index contributed by atoms with van der Waals surface area (Å²) in [6, 6.07) is 15.6. The molecule has 24 heavy (non-hydrogen) atoms. The first kappa shape index (κ1) is 16.2. The van der Waals surface area contributed by atoms with Crippen LogP contribution in [0.5, 0.6) is 0 Å². The summed E-state index contributed by atoms with van der Waals surface area (Å²) in [6.07, 6.45) is 5.66. The molecule has 0 N–H and O–H groups in total. The fourth-order valence-electron chi connectivity index (χ4n) is 2.94. The van der Waals surface area contributed by atoms with Crippen LogP contribution in [0.4, 0.5) is 11.4 Å². The number of hydrogen-bond acceptors (Lipinski definition) is 4. The van der Waals surface area contributed by atoms with Crippen molar-refractivity contribution in [3.8, 4) is 0 Å². The van der Waals surface area contributed by atoms with E-state index in [-0.39, 0.29) is 5.97 Å². The summed E-state index contributed by atoms with van der Waals surface area (Å²) < 4.78 is 4.79. The maximum absolute atomic E-state index is 11.8. The number of rotatable bonds is 4. The van der Waals surface area contributed by atoms with Crippen molar-refractivity contribution in [2.45, 2.75) is 19.3 Å². The normalized spacial score (nSPS) is 14.8. The third-order valence-electron chi connectivity index (χ3n) is 4.28. The van der Waals surface area contributed by atoms with Crippen molar-refractivity contribution in [1.29, 1.82) is 0 Å². The lowest BCUT2D eigenvalue weighted by molar-refractivity contribution is 0.0601. The van der Waals surface area contributed by atoms with Crippen LogP contribution >= 0.6 is 0 Å². The Morgan fingerprint density at radius 1 is 1.04 bits per heavy atom. The Morgan fingerprint density at radius 3 is 2.46 bits per heavy atom. The fourth-order valence-corrected chi connectivity index (χ4v) is 2.94. The average molecular weight is 322 g/mol. The van der Waals surface area contributed by atoms with Gasteiger partial charge in [-0.3, -0.25) is 4.99 Å². The second-order valence-electron chi connectivity index (χ2n) is 5.91. The van der Waals surface area contributed by atoms with E-state index in [1.807, 2.05) is 12.1 Å². The number of nitrogens with zero attached hydrogens (tertiary/aromatic N) is 2. The number of benzene rings is 2. The molecule has 2 aromatic rings. The van der Waals surface area contributed by atoms with Crippen LogP contribution in [-0.2, 0) is 4.74 Å². The van der Waals surface area contributed by atoms with Gasteiger partial charge in [0.25, 0.3) is 0 Å². The van der Waals surface area contributed by atoms with Gasteiger partial charge in [0, 0.05) is 25.0 Å². The van der Waals surface area contributed by atoms with Crippen molar-refractivity contribution in [3.63, 3.8) is 0 Å². The smallest absolute Gasteiger partial charge is 0.340 e. The van der Waals surface area contributed by atoms with Crippen LogP contribution in [0, 0.1) is 0 Å². The van der Waals surface area contributed by atoms with Gasteiger partial charge in [0.2, 0.25) is 0 Å². The van der Waals surface area contributed by atoms with E-state index < -0.39 is 0 Å². The summed E-state index contributed by atoms with van der Waals surface area (Å²) in [5.74, 6) is -0.372. The molecule has 0 radical (unpaired) electrons. The SMILES string of the molecule is COC(=O)c1ccccc1N=Cc1ccc(N2CCCCC2)cc1.